The van der Waals surface area contributed by atoms with Crippen molar-refractivity contribution in [1.29, 1.82) is 0 Å². The largest absolute Gasteiger partial charge is 0.357 e. The fraction of sp³-hybridized carbons (Fsp3) is 0.667. The number of unbranched alkanes of at least 4 members (excludes halogenated alkanes) is 1. The molecule has 1 aromatic heterocycles. The molecule has 1 aromatic rings. The van der Waals surface area contributed by atoms with E-state index in [1.165, 1.54) is 17.9 Å². The van der Waals surface area contributed by atoms with Crippen molar-refractivity contribution in [2.45, 2.75) is 26.3 Å². The molecule has 1 rings (SSSR count). The molecule has 0 aliphatic rings. The molecule has 0 saturated carbocycles. The molecule has 0 atom stereocenters. The van der Waals surface area contributed by atoms with Crippen LogP contribution in [0.4, 0.5) is 0 Å². The number of hydrogen-bond donors (Lipinski definition) is 1. The first-order valence-corrected chi connectivity index (χ1v) is 9.56. The maximum atomic E-state index is 4.72. The van der Waals surface area contributed by atoms with Gasteiger partial charge in [0, 0.05) is 43.5 Å². The molecule has 0 unspecified atom stereocenters. The normalized spacial score (nSPS) is 11.2. The van der Waals surface area contributed by atoms with Gasteiger partial charge in [0.05, 0.1) is 6.54 Å². The van der Waals surface area contributed by atoms with Crippen LogP contribution in [0.1, 0.15) is 25.5 Å². The third-order valence-corrected chi connectivity index (χ3v) is 4.32. The van der Waals surface area contributed by atoms with Crippen LogP contribution in [0.15, 0.2) is 21.7 Å². The van der Waals surface area contributed by atoms with Crippen molar-refractivity contribution < 1.29 is 0 Å². The number of hydrogen-bond acceptors (Lipinski definition) is 2. The van der Waals surface area contributed by atoms with E-state index in [1.54, 1.807) is 0 Å². The Bertz CT molecular complexity index is 451. The van der Waals surface area contributed by atoms with E-state index >= 15 is 0 Å². The number of aromatic nitrogens is 1. The standard InChI is InChI=1S/C15H27BrN4S.HI/c1-5-17-15(18-8-6-7-9-21-4)20(3)12-14-10-13(16)11-19(14)2;/h10-11H,5-9,12H2,1-4H3,(H,17,18);1H. The fourth-order valence-corrected chi connectivity index (χ4v) is 3.12. The third-order valence-electron chi connectivity index (χ3n) is 3.19. The monoisotopic (exact) mass is 502 g/mol. The lowest BCUT2D eigenvalue weighted by Gasteiger charge is -2.22. The number of halogens is 2. The van der Waals surface area contributed by atoms with Gasteiger partial charge in [-0.25, -0.2) is 0 Å². The van der Waals surface area contributed by atoms with E-state index in [9.17, 15) is 0 Å². The molecule has 0 bridgehead atoms. The van der Waals surface area contributed by atoms with Gasteiger partial charge in [0.15, 0.2) is 5.96 Å². The highest BCUT2D eigenvalue weighted by Crippen LogP contribution is 2.15. The minimum Gasteiger partial charge on any atom is -0.357 e. The Morgan fingerprint density at radius 2 is 2.18 bits per heavy atom. The first kappa shape index (κ1) is 22.1. The molecule has 0 radical (unpaired) electrons. The molecule has 0 aliphatic carbocycles. The smallest absolute Gasteiger partial charge is 0.194 e. The summed E-state index contributed by atoms with van der Waals surface area (Å²) in [7, 11) is 4.16. The van der Waals surface area contributed by atoms with Crippen LogP contribution in [-0.2, 0) is 13.6 Å². The molecule has 0 amide bonds. The summed E-state index contributed by atoms with van der Waals surface area (Å²) in [6, 6.07) is 2.15. The summed E-state index contributed by atoms with van der Waals surface area (Å²) >= 11 is 5.42. The van der Waals surface area contributed by atoms with E-state index in [1.807, 2.05) is 11.8 Å². The molecule has 1 heterocycles. The van der Waals surface area contributed by atoms with E-state index in [0.29, 0.717) is 0 Å². The summed E-state index contributed by atoms with van der Waals surface area (Å²) in [6.45, 7) is 4.74. The van der Waals surface area contributed by atoms with Crippen LogP contribution in [0, 0.1) is 0 Å². The quantitative estimate of drug-likeness (QED) is 0.253. The third kappa shape index (κ3) is 8.10. The van der Waals surface area contributed by atoms with E-state index in [-0.39, 0.29) is 24.0 Å². The zero-order valence-corrected chi connectivity index (χ0v) is 18.7. The zero-order chi connectivity index (χ0) is 15.7. The molecule has 0 saturated heterocycles. The van der Waals surface area contributed by atoms with Gasteiger partial charge in [-0.1, -0.05) is 0 Å². The highest BCUT2D eigenvalue weighted by atomic mass is 127. The van der Waals surface area contributed by atoms with Gasteiger partial charge in [0.2, 0.25) is 0 Å². The second kappa shape index (κ2) is 12.5. The lowest BCUT2D eigenvalue weighted by atomic mass is 10.3. The topological polar surface area (TPSA) is 32.6 Å². The van der Waals surface area contributed by atoms with Crippen molar-refractivity contribution >= 4 is 57.6 Å². The molecule has 128 valence electrons. The van der Waals surface area contributed by atoms with Crippen molar-refractivity contribution in [3.8, 4) is 0 Å². The predicted octanol–water partition coefficient (Wildman–Crippen LogP) is 3.95. The average molecular weight is 503 g/mol. The van der Waals surface area contributed by atoms with Crippen LogP contribution >= 0.6 is 51.7 Å². The molecule has 22 heavy (non-hydrogen) atoms. The van der Waals surface area contributed by atoms with Gasteiger partial charge in [-0.2, -0.15) is 11.8 Å². The number of nitrogens with zero attached hydrogens (tertiary/aromatic N) is 3. The number of nitrogens with one attached hydrogen (secondary N) is 1. The second-order valence-corrected chi connectivity index (χ2v) is 6.95. The molecule has 4 nitrogen and oxygen atoms in total. The van der Waals surface area contributed by atoms with Gasteiger partial charge in [0.25, 0.3) is 0 Å². The van der Waals surface area contributed by atoms with Gasteiger partial charge < -0.3 is 14.8 Å². The molecule has 0 aliphatic heterocycles. The van der Waals surface area contributed by atoms with Crippen LogP contribution in [-0.4, -0.2) is 47.6 Å². The van der Waals surface area contributed by atoms with Gasteiger partial charge in [-0.3, -0.25) is 4.99 Å². The highest BCUT2D eigenvalue weighted by molar-refractivity contribution is 14.0. The maximum Gasteiger partial charge on any atom is 0.194 e. The lowest BCUT2D eigenvalue weighted by Crippen LogP contribution is -2.38. The average Bonchev–Trinajstić information content (AvgIpc) is 2.75. The molecule has 0 aromatic carbocycles. The summed E-state index contributed by atoms with van der Waals surface area (Å²) in [6.07, 6.45) is 6.62. The van der Waals surface area contributed by atoms with Gasteiger partial charge in [-0.05, 0) is 53.8 Å². The Labute approximate surface area is 164 Å². The van der Waals surface area contributed by atoms with Crippen molar-refractivity contribution in [1.82, 2.24) is 14.8 Å². The Kier molecular flexibility index (Phi) is 12.6. The fourth-order valence-electron chi connectivity index (χ4n) is 2.05. The molecule has 7 heteroatoms. The van der Waals surface area contributed by atoms with Crippen LogP contribution in [0.5, 0.6) is 0 Å². The Morgan fingerprint density at radius 1 is 1.45 bits per heavy atom. The summed E-state index contributed by atoms with van der Waals surface area (Å²) in [5, 5.41) is 3.37. The van der Waals surface area contributed by atoms with Crippen LogP contribution in [0.3, 0.4) is 0 Å². The molecule has 0 fully saturated rings. The first-order valence-electron chi connectivity index (χ1n) is 7.37. The number of aliphatic imine (C=N–C) groups is 1. The minimum absolute atomic E-state index is 0. The molecule has 1 N–H and O–H groups in total. The van der Waals surface area contributed by atoms with Gasteiger partial charge in [0.1, 0.15) is 0 Å². The van der Waals surface area contributed by atoms with Crippen LogP contribution in [0.2, 0.25) is 0 Å². The zero-order valence-electron chi connectivity index (χ0n) is 13.9. The van der Waals surface area contributed by atoms with Gasteiger partial charge in [-0.15, -0.1) is 24.0 Å². The van der Waals surface area contributed by atoms with E-state index in [2.05, 4.69) is 70.3 Å². The summed E-state index contributed by atoms with van der Waals surface area (Å²) in [5.74, 6) is 2.21. The number of thioether (sulfide) groups is 1. The Morgan fingerprint density at radius 3 is 2.73 bits per heavy atom. The Hall–Kier alpha value is 0.110. The van der Waals surface area contributed by atoms with E-state index in [4.69, 9.17) is 4.99 Å². The molecular weight excluding hydrogens is 475 g/mol. The summed E-state index contributed by atoms with van der Waals surface area (Å²) < 4.78 is 3.26. The minimum atomic E-state index is 0. The van der Waals surface area contributed by atoms with E-state index < -0.39 is 0 Å². The first-order chi connectivity index (χ1) is 10.1. The SMILES string of the molecule is CCNC(=NCCCCSC)N(C)Cc1cc(Br)cn1C.I. The number of aryl methyl sites for hydroxylation is 1. The maximum absolute atomic E-state index is 4.72. The number of rotatable bonds is 8. The van der Waals surface area contributed by atoms with Crippen molar-refractivity contribution in [2.75, 3.05) is 32.1 Å². The van der Waals surface area contributed by atoms with Crippen molar-refractivity contribution in [3.63, 3.8) is 0 Å². The van der Waals surface area contributed by atoms with Crippen LogP contribution < -0.4 is 5.32 Å². The highest BCUT2D eigenvalue weighted by Gasteiger charge is 2.09. The second-order valence-electron chi connectivity index (χ2n) is 5.05. The Balaban J connectivity index is 0.00000441. The van der Waals surface area contributed by atoms with Gasteiger partial charge >= 0.3 is 0 Å². The van der Waals surface area contributed by atoms with Crippen molar-refractivity contribution in [3.05, 3.63) is 22.4 Å². The van der Waals surface area contributed by atoms with Crippen LogP contribution in [0.25, 0.3) is 0 Å². The van der Waals surface area contributed by atoms with Crippen molar-refractivity contribution in [2.24, 2.45) is 12.0 Å². The predicted molar refractivity (Wildman–Crippen MR) is 114 cm³/mol. The molecule has 0 spiro atoms. The summed E-state index contributed by atoms with van der Waals surface area (Å²) in [5.41, 5.74) is 1.26. The summed E-state index contributed by atoms with van der Waals surface area (Å²) in [4.78, 5) is 6.90. The molecular formula is C15H28BrIN4S. The van der Waals surface area contributed by atoms with E-state index in [0.717, 1.165) is 36.5 Å². The lowest BCUT2D eigenvalue weighted by molar-refractivity contribution is 0.461. The number of guanidine groups is 1.